The summed E-state index contributed by atoms with van der Waals surface area (Å²) in [6.07, 6.45) is 1.04. The standard InChI is InChI=1S/C22H29N5O5S/c28-21(29)20(27-33(30,31)19-5-2-1-3-6-19)16-23-15-17-7-9-18(10-8-17)32-14-13-26-22-24-11-4-12-25-22/h1-3,5-10,20,23,27H,4,11-16H2,(H,28,29)(H2,24,25,26)/t20-/m0/s1. The summed E-state index contributed by atoms with van der Waals surface area (Å²) in [6, 6.07) is 13.8. The maximum Gasteiger partial charge on any atom is 0.323 e. The van der Waals surface area contributed by atoms with Crippen LogP contribution in [0.15, 0.2) is 64.5 Å². The molecule has 1 aliphatic rings. The van der Waals surface area contributed by atoms with Crippen molar-refractivity contribution in [3.63, 3.8) is 0 Å². The highest BCUT2D eigenvalue weighted by molar-refractivity contribution is 7.89. The lowest BCUT2D eigenvalue weighted by atomic mass is 10.2. The van der Waals surface area contributed by atoms with Gasteiger partial charge in [0.15, 0.2) is 5.96 Å². The van der Waals surface area contributed by atoms with Gasteiger partial charge in [0.25, 0.3) is 0 Å². The molecule has 10 nitrogen and oxygen atoms in total. The first-order valence-corrected chi connectivity index (χ1v) is 12.2. The quantitative estimate of drug-likeness (QED) is 0.280. The molecule has 0 radical (unpaired) electrons. The summed E-state index contributed by atoms with van der Waals surface area (Å²) < 4.78 is 32.7. The van der Waals surface area contributed by atoms with Crippen molar-refractivity contribution >= 4 is 22.0 Å². The van der Waals surface area contributed by atoms with Crippen molar-refractivity contribution in [3.8, 4) is 5.75 Å². The predicted octanol–water partition coefficient (Wildman–Crippen LogP) is 0.526. The summed E-state index contributed by atoms with van der Waals surface area (Å²) in [5.41, 5.74) is 0.913. The Bertz CT molecular complexity index is 1030. The summed E-state index contributed by atoms with van der Waals surface area (Å²) >= 11 is 0. The van der Waals surface area contributed by atoms with Crippen LogP contribution in [-0.4, -0.2) is 64.3 Å². The number of carboxylic acids is 1. The van der Waals surface area contributed by atoms with E-state index < -0.39 is 22.0 Å². The minimum atomic E-state index is -3.93. The van der Waals surface area contributed by atoms with Crippen LogP contribution in [0.1, 0.15) is 12.0 Å². The first kappa shape index (κ1) is 24.5. The summed E-state index contributed by atoms with van der Waals surface area (Å²) in [7, 11) is -3.93. The number of aliphatic imine (C=N–C) groups is 1. The van der Waals surface area contributed by atoms with E-state index in [1.54, 1.807) is 18.2 Å². The van der Waals surface area contributed by atoms with E-state index in [9.17, 15) is 18.3 Å². The Kier molecular flexibility index (Phi) is 9.04. The Morgan fingerprint density at radius 1 is 1.15 bits per heavy atom. The van der Waals surface area contributed by atoms with Gasteiger partial charge >= 0.3 is 5.97 Å². The van der Waals surface area contributed by atoms with Crippen LogP contribution < -0.4 is 25.4 Å². The maximum absolute atomic E-state index is 12.4. The molecule has 11 heteroatoms. The number of carboxylic acid groups (broad SMARTS) is 1. The van der Waals surface area contributed by atoms with E-state index in [-0.39, 0.29) is 11.4 Å². The topological polar surface area (TPSA) is 141 Å². The smallest absolute Gasteiger partial charge is 0.323 e. The number of hydrogen-bond acceptors (Lipinski definition) is 8. The van der Waals surface area contributed by atoms with Crippen LogP contribution in [0.25, 0.3) is 0 Å². The van der Waals surface area contributed by atoms with Crippen molar-refractivity contribution in [2.75, 3.05) is 32.8 Å². The monoisotopic (exact) mass is 475 g/mol. The van der Waals surface area contributed by atoms with E-state index in [4.69, 9.17) is 4.74 Å². The minimum Gasteiger partial charge on any atom is -0.492 e. The average molecular weight is 476 g/mol. The van der Waals surface area contributed by atoms with Gasteiger partial charge in [-0.3, -0.25) is 9.79 Å². The van der Waals surface area contributed by atoms with Crippen molar-refractivity contribution in [1.29, 1.82) is 0 Å². The van der Waals surface area contributed by atoms with Crippen molar-refractivity contribution in [1.82, 2.24) is 20.7 Å². The number of nitrogens with one attached hydrogen (secondary N) is 4. The lowest BCUT2D eigenvalue weighted by molar-refractivity contribution is -0.138. The third-order valence-electron chi connectivity index (χ3n) is 4.81. The number of benzene rings is 2. The van der Waals surface area contributed by atoms with Crippen LogP contribution >= 0.6 is 0 Å². The molecule has 0 aromatic heterocycles. The molecule has 0 fully saturated rings. The molecule has 1 atom stereocenters. The average Bonchev–Trinajstić information content (AvgIpc) is 2.83. The van der Waals surface area contributed by atoms with E-state index >= 15 is 0 Å². The molecule has 178 valence electrons. The number of rotatable bonds is 12. The first-order valence-electron chi connectivity index (χ1n) is 10.7. The fourth-order valence-corrected chi connectivity index (χ4v) is 4.30. The Morgan fingerprint density at radius 2 is 1.91 bits per heavy atom. The summed E-state index contributed by atoms with van der Waals surface area (Å²) in [5.74, 6) is 0.267. The van der Waals surface area contributed by atoms with Gasteiger partial charge in [0.1, 0.15) is 18.4 Å². The number of ether oxygens (including phenoxy) is 1. The van der Waals surface area contributed by atoms with Crippen LogP contribution in [0, 0.1) is 0 Å². The van der Waals surface area contributed by atoms with Gasteiger partial charge in [-0.2, -0.15) is 4.72 Å². The molecule has 0 amide bonds. The Hall–Kier alpha value is -3.15. The molecule has 0 saturated carbocycles. The van der Waals surface area contributed by atoms with Gasteiger partial charge in [-0.25, -0.2) is 8.42 Å². The number of aliphatic carboxylic acids is 1. The Morgan fingerprint density at radius 3 is 2.58 bits per heavy atom. The molecule has 1 aliphatic heterocycles. The van der Waals surface area contributed by atoms with E-state index in [2.05, 4.69) is 25.7 Å². The Balaban J connectivity index is 1.41. The van der Waals surface area contributed by atoms with Gasteiger partial charge in [0.05, 0.1) is 11.4 Å². The largest absolute Gasteiger partial charge is 0.492 e. The number of sulfonamides is 1. The Labute approximate surface area is 193 Å². The number of hydrogen-bond donors (Lipinski definition) is 5. The molecule has 2 aromatic rings. The molecule has 3 rings (SSSR count). The maximum atomic E-state index is 12.4. The van der Waals surface area contributed by atoms with E-state index in [1.807, 2.05) is 24.3 Å². The van der Waals surface area contributed by atoms with Crippen molar-refractivity contribution in [3.05, 3.63) is 60.2 Å². The third-order valence-corrected chi connectivity index (χ3v) is 6.30. The van der Waals surface area contributed by atoms with Gasteiger partial charge < -0.3 is 25.8 Å². The molecule has 0 bridgehead atoms. The highest BCUT2D eigenvalue weighted by atomic mass is 32.2. The summed E-state index contributed by atoms with van der Waals surface area (Å²) in [4.78, 5) is 15.9. The van der Waals surface area contributed by atoms with E-state index in [1.165, 1.54) is 12.1 Å². The van der Waals surface area contributed by atoms with Crippen molar-refractivity contribution < 1.29 is 23.1 Å². The fourth-order valence-electron chi connectivity index (χ4n) is 3.09. The molecule has 0 saturated heterocycles. The van der Waals surface area contributed by atoms with Gasteiger partial charge in [-0.05, 0) is 36.2 Å². The second kappa shape index (κ2) is 12.2. The van der Waals surface area contributed by atoms with Crippen LogP contribution in [0.3, 0.4) is 0 Å². The zero-order valence-corrected chi connectivity index (χ0v) is 19.0. The van der Waals surface area contributed by atoms with Gasteiger partial charge in [-0.1, -0.05) is 30.3 Å². The molecule has 2 aromatic carbocycles. The normalized spacial score (nSPS) is 14.6. The molecule has 5 N–H and O–H groups in total. The summed E-state index contributed by atoms with van der Waals surface area (Å²) in [5, 5.41) is 18.8. The molecule has 0 unspecified atom stereocenters. The van der Waals surface area contributed by atoms with Crippen LogP contribution in [0.2, 0.25) is 0 Å². The second-order valence-corrected chi connectivity index (χ2v) is 9.10. The van der Waals surface area contributed by atoms with Gasteiger partial charge in [0, 0.05) is 26.2 Å². The zero-order valence-electron chi connectivity index (χ0n) is 18.2. The van der Waals surface area contributed by atoms with Crippen molar-refractivity contribution in [2.24, 2.45) is 4.99 Å². The molecule has 0 spiro atoms. The fraction of sp³-hybridized carbons (Fsp3) is 0.364. The zero-order chi connectivity index (χ0) is 23.5. The lowest BCUT2D eigenvalue weighted by Gasteiger charge is -2.16. The molecule has 33 heavy (non-hydrogen) atoms. The van der Waals surface area contributed by atoms with Crippen LogP contribution in [0.5, 0.6) is 5.75 Å². The second-order valence-electron chi connectivity index (χ2n) is 7.39. The van der Waals surface area contributed by atoms with Gasteiger partial charge in [-0.15, -0.1) is 0 Å². The molecule has 1 heterocycles. The number of nitrogens with zero attached hydrogens (tertiary/aromatic N) is 1. The summed E-state index contributed by atoms with van der Waals surface area (Å²) in [6.45, 7) is 3.18. The van der Waals surface area contributed by atoms with Crippen molar-refractivity contribution in [2.45, 2.75) is 23.9 Å². The number of carbonyl (C=O) groups is 1. The SMILES string of the molecule is O=C(O)[C@H](CNCc1ccc(OCCNC2=NCCCN2)cc1)NS(=O)(=O)c1ccccc1. The third kappa shape index (κ3) is 8.04. The van der Waals surface area contributed by atoms with Crippen LogP contribution in [-0.2, 0) is 21.4 Å². The van der Waals surface area contributed by atoms with Crippen LogP contribution in [0.4, 0.5) is 0 Å². The first-order chi connectivity index (χ1) is 15.9. The van der Waals surface area contributed by atoms with E-state index in [0.29, 0.717) is 19.7 Å². The molecular weight excluding hydrogens is 446 g/mol. The minimum absolute atomic E-state index is 0.0185. The lowest BCUT2D eigenvalue weighted by Crippen LogP contribution is -2.47. The number of guanidine groups is 1. The van der Waals surface area contributed by atoms with Gasteiger partial charge in [0.2, 0.25) is 10.0 Å². The molecular formula is C22H29N5O5S. The highest BCUT2D eigenvalue weighted by Gasteiger charge is 2.24. The predicted molar refractivity (Wildman–Crippen MR) is 125 cm³/mol. The highest BCUT2D eigenvalue weighted by Crippen LogP contribution is 2.12. The van der Waals surface area contributed by atoms with E-state index in [0.717, 1.165) is 36.8 Å². The molecule has 0 aliphatic carbocycles.